The second kappa shape index (κ2) is 5.08. The summed E-state index contributed by atoms with van der Waals surface area (Å²) in [4.78, 5) is 4.19. The molecular formula is C14H20BN3O2. The third-order valence-corrected chi connectivity index (χ3v) is 4.11. The van der Waals surface area contributed by atoms with E-state index in [2.05, 4.69) is 11.1 Å². The standard InChI is InChI=1S/C14H20BN3O2/c1-13(2)14(3,4)20-15(19-13)11-9-18-8-10(12(11)17)6-5-7-16/h8-9H,5-6H2,1-4H3,(H2,17,18). The zero-order valence-electron chi connectivity index (χ0n) is 12.4. The summed E-state index contributed by atoms with van der Waals surface area (Å²) in [5.41, 5.74) is 7.55. The molecule has 0 unspecified atom stereocenters. The van der Waals surface area contributed by atoms with Gasteiger partial charge < -0.3 is 15.0 Å². The summed E-state index contributed by atoms with van der Waals surface area (Å²) in [5.74, 6) is 0. The molecule has 20 heavy (non-hydrogen) atoms. The Balaban J connectivity index is 2.29. The minimum Gasteiger partial charge on any atom is -0.399 e. The van der Waals surface area contributed by atoms with E-state index in [4.69, 9.17) is 20.3 Å². The predicted molar refractivity (Wildman–Crippen MR) is 78.3 cm³/mol. The zero-order valence-corrected chi connectivity index (χ0v) is 12.4. The number of pyridine rings is 1. The van der Waals surface area contributed by atoms with Crippen LogP contribution in [0.4, 0.5) is 5.69 Å². The van der Waals surface area contributed by atoms with Gasteiger partial charge >= 0.3 is 7.12 Å². The van der Waals surface area contributed by atoms with Gasteiger partial charge in [0, 0.05) is 30.0 Å². The topological polar surface area (TPSA) is 81.2 Å². The fraction of sp³-hybridized carbons (Fsp3) is 0.571. The Hall–Kier alpha value is -1.58. The monoisotopic (exact) mass is 273 g/mol. The first kappa shape index (κ1) is 14.8. The van der Waals surface area contributed by atoms with Crippen LogP contribution >= 0.6 is 0 Å². The number of nitriles is 1. The van der Waals surface area contributed by atoms with E-state index in [9.17, 15) is 0 Å². The Morgan fingerprint density at radius 3 is 2.40 bits per heavy atom. The molecule has 6 heteroatoms. The van der Waals surface area contributed by atoms with Gasteiger partial charge in [-0.3, -0.25) is 4.98 Å². The number of nitrogens with zero attached hydrogens (tertiary/aromatic N) is 2. The van der Waals surface area contributed by atoms with E-state index < -0.39 is 18.3 Å². The maximum Gasteiger partial charge on any atom is 0.498 e. The molecule has 0 aliphatic carbocycles. The molecule has 0 saturated carbocycles. The van der Waals surface area contributed by atoms with E-state index in [-0.39, 0.29) is 0 Å². The molecule has 1 aromatic rings. The van der Waals surface area contributed by atoms with Gasteiger partial charge in [-0.1, -0.05) is 0 Å². The maximum atomic E-state index is 8.68. The molecule has 2 N–H and O–H groups in total. The van der Waals surface area contributed by atoms with Crippen LogP contribution in [0.3, 0.4) is 0 Å². The van der Waals surface area contributed by atoms with E-state index in [0.29, 0.717) is 18.5 Å². The van der Waals surface area contributed by atoms with Gasteiger partial charge in [-0.25, -0.2) is 0 Å². The normalized spacial score (nSPS) is 19.9. The van der Waals surface area contributed by atoms with E-state index in [1.54, 1.807) is 12.4 Å². The molecule has 0 atom stereocenters. The highest BCUT2D eigenvalue weighted by atomic mass is 16.7. The average Bonchev–Trinajstić information content (AvgIpc) is 2.57. The van der Waals surface area contributed by atoms with Crippen molar-refractivity contribution in [2.45, 2.75) is 51.7 Å². The van der Waals surface area contributed by atoms with Crippen molar-refractivity contribution in [3.05, 3.63) is 18.0 Å². The Kier molecular flexibility index (Phi) is 3.76. The molecule has 0 radical (unpaired) electrons. The third-order valence-electron chi connectivity index (χ3n) is 4.11. The van der Waals surface area contributed by atoms with Crippen molar-refractivity contribution in [2.75, 3.05) is 5.73 Å². The van der Waals surface area contributed by atoms with Crippen molar-refractivity contribution < 1.29 is 9.31 Å². The average molecular weight is 273 g/mol. The molecule has 1 aromatic heterocycles. The Morgan fingerprint density at radius 1 is 1.25 bits per heavy atom. The summed E-state index contributed by atoms with van der Waals surface area (Å²) in [5, 5.41) is 8.68. The molecule has 106 valence electrons. The first-order valence-corrected chi connectivity index (χ1v) is 6.73. The molecule has 1 fully saturated rings. The summed E-state index contributed by atoms with van der Waals surface area (Å²) in [6.07, 6.45) is 4.37. The van der Waals surface area contributed by atoms with Crippen LogP contribution in [0.15, 0.2) is 12.4 Å². The summed E-state index contributed by atoms with van der Waals surface area (Å²) < 4.78 is 12.0. The summed E-state index contributed by atoms with van der Waals surface area (Å²) >= 11 is 0. The predicted octanol–water partition coefficient (Wildman–Crippen LogP) is 1.42. The van der Waals surface area contributed by atoms with Gasteiger partial charge in [0.15, 0.2) is 0 Å². The van der Waals surface area contributed by atoms with E-state index in [1.807, 2.05) is 27.7 Å². The number of hydrogen-bond donors (Lipinski definition) is 1. The lowest BCUT2D eigenvalue weighted by Gasteiger charge is -2.32. The number of aromatic nitrogens is 1. The Morgan fingerprint density at radius 2 is 1.85 bits per heavy atom. The van der Waals surface area contributed by atoms with Gasteiger partial charge in [0.05, 0.1) is 17.3 Å². The first-order valence-electron chi connectivity index (χ1n) is 6.73. The SMILES string of the molecule is CC1(C)OB(c2cncc(CCC#N)c2N)OC1(C)C. The third kappa shape index (κ3) is 2.51. The molecule has 2 rings (SSSR count). The quantitative estimate of drug-likeness (QED) is 0.842. The second-order valence-corrected chi connectivity index (χ2v) is 6.05. The highest BCUT2D eigenvalue weighted by Gasteiger charge is 2.52. The molecule has 2 heterocycles. The van der Waals surface area contributed by atoms with Crippen LogP contribution < -0.4 is 11.2 Å². The molecular weight excluding hydrogens is 253 g/mol. The summed E-state index contributed by atoms with van der Waals surface area (Å²) in [6, 6.07) is 2.11. The minimum atomic E-state index is -0.519. The molecule has 0 bridgehead atoms. The van der Waals surface area contributed by atoms with Crippen LogP contribution in [0.1, 0.15) is 39.7 Å². The number of aryl methyl sites for hydroxylation is 1. The van der Waals surface area contributed by atoms with Crippen molar-refractivity contribution in [2.24, 2.45) is 0 Å². The summed E-state index contributed by atoms with van der Waals surface area (Å²) in [6.45, 7) is 7.98. The van der Waals surface area contributed by atoms with Gasteiger partial charge in [-0.2, -0.15) is 5.26 Å². The number of nitrogen functional groups attached to an aromatic ring is 1. The Bertz CT molecular complexity index is 536. The molecule has 0 aromatic carbocycles. The summed E-state index contributed by atoms with van der Waals surface area (Å²) in [7, 11) is -0.519. The smallest absolute Gasteiger partial charge is 0.399 e. The first-order chi connectivity index (χ1) is 9.28. The van der Waals surface area contributed by atoms with Crippen LogP contribution in [0.5, 0.6) is 0 Å². The van der Waals surface area contributed by atoms with Gasteiger partial charge in [0.2, 0.25) is 0 Å². The number of anilines is 1. The number of rotatable bonds is 3. The highest BCUT2D eigenvalue weighted by molar-refractivity contribution is 6.63. The number of hydrogen-bond acceptors (Lipinski definition) is 5. The van der Waals surface area contributed by atoms with Crippen molar-refractivity contribution in [1.82, 2.24) is 4.98 Å². The molecule has 1 saturated heterocycles. The fourth-order valence-corrected chi connectivity index (χ4v) is 2.08. The number of nitrogens with two attached hydrogens (primary N) is 1. The van der Waals surface area contributed by atoms with Gasteiger partial charge in [-0.05, 0) is 39.7 Å². The van der Waals surface area contributed by atoms with Gasteiger partial charge in [-0.15, -0.1) is 0 Å². The van der Waals surface area contributed by atoms with Crippen LogP contribution in [0.25, 0.3) is 0 Å². The van der Waals surface area contributed by atoms with Crippen LogP contribution in [-0.2, 0) is 15.7 Å². The van der Waals surface area contributed by atoms with Crippen molar-refractivity contribution in [3.8, 4) is 6.07 Å². The molecule has 1 aliphatic heterocycles. The van der Waals surface area contributed by atoms with E-state index in [1.165, 1.54) is 0 Å². The van der Waals surface area contributed by atoms with Gasteiger partial charge in [0.1, 0.15) is 0 Å². The molecule has 1 aliphatic rings. The lowest BCUT2D eigenvalue weighted by molar-refractivity contribution is 0.00578. The van der Waals surface area contributed by atoms with Crippen molar-refractivity contribution >= 4 is 18.3 Å². The molecule has 0 amide bonds. The minimum absolute atomic E-state index is 0.410. The van der Waals surface area contributed by atoms with Crippen molar-refractivity contribution in [1.29, 1.82) is 5.26 Å². The largest absolute Gasteiger partial charge is 0.498 e. The molecule has 0 spiro atoms. The lowest BCUT2D eigenvalue weighted by Crippen LogP contribution is -2.41. The zero-order chi connectivity index (χ0) is 15.0. The van der Waals surface area contributed by atoms with E-state index >= 15 is 0 Å². The lowest BCUT2D eigenvalue weighted by atomic mass is 9.78. The van der Waals surface area contributed by atoms with Gasteiger partial charge in [0.25, 0.3) is 0 Å². The highest BCUT2D eigenvalue weighted by Crippen LogP contribution is 2.36. The maximum absolute atomic E-state index is 8.68. The fourth-order valence-electron chi connectivity index (χ4n) is 2.08. The second-order valence-electron chi connectivity index (χ2n) is 6.05. The Labute approximate surface area is 120 Å². The van der Waals surface area contributed by atoms with E-state index in [0.717, 1.165) is 11.0 Å². The molecule has 5 nitrogen and oxygen atoms in total. The van der Waals surface area contributed by atoms with Crippen LogP contribution in [0, 0.1) is 11.3 Å². The van der Waals surface area contributed by atoms with Crippen LogP contribution in [-0.4, -0.2) is 23.3 Å². The van der Waals surface area contributed by atoms with Crippen molar-refractivity contribution in [3.63, 3.8) is 0 Å². The van der Waals surface area contributed by atoms with Crippen LogP contribution in [0.2, 0.25) is 0 Å².